The van der Waals surface area contributed by atoms with Gasteiger partial charge in [-0.15, -0.1) is 0 Å². The Hall–Kier alpha value is -4.61. The summed E-state index contributed by atoms with van der Waals surface area (Å²) in [5.74, 6) is -3.09. The molecule has 6 rings (SSSR count). The van der Waals surface area contributed by atoms with Crippen LogP contribution in [0.15, 0.2) is 96.2 Å². The number of aliphatic hydroxyl groups excluding tert-OH is 2. The average molecular weight is 647 g/mol. The number of aliphatic hydroxyl groups is 2. The molecule has 2 heterocycles. The molecule has 1 fully saturated rings. The Morgan fingerprint density at radius 3 is 2.42 bits per heavy atom. The minimum atomic E-state index is -1.76. The Morgan fingerprint density at radius 1 is 0.979 bits per heavy atom. The van der Waals surface area contributed by atoms with Crippen LogP contribution in [0.25, 0.3) is 22.4 Å². The van der Waals surface area contributed by atoms with E-state index in [2.05, 4.69) is 4.98 Å². The van der Waals surface area contributed by atoms with Crippen LogP contribution in [0, 0.1) is 23.7 Å². The van der Waals surface area contributed by atoms with Gasteiger partial charge < -0.3 is 25.4 Å². The van der Waals surface area contributed by atoms with Crippen molar-refractivity contribution in [2.45, 2.75) is 39.2 Å². The van der Waals surface area contributed by atoms with Crippen molar-refractivity contribution in [1.29, 1.82) is 0 Å². The van der Waals surface area contributed by atoms with E-state index < -0.39 is 49.4 Å². The molecule has 0 spiro atoms. The van der Waals surface area contributed by atoms with Gasteiger partial charge in [-0.05, 0) is 89.1 Å². The topological polar surface area (TPSA) is 151 Å². The predicted molar refractivity (Wildman–Crippen MR) is 186 cm³/mol. The van der Waals surface area contributed by atoms with Gasteiger partial charge in [0.05, 0.1) is 35.9 Å². The maximum Gasteiger partial charge on any atom is 0.488 e. The fourth-order valence-corrected chi connectivity index (χ4v) is 7.42. The highest BCUT2D eigenvalue weighted by Crippen LogP contribution is 2.49. The molecule has 9 nitrogen and oxygen atoms in total. The summed E-state index contributed by atoms with van der Waals surface area (Å²) < 4.78 is 0. The number of phenolic OH excluding ortho intramolecular Hbond substituents is 1. The highest BCUT2D eigenvalue weighted by molar-refractivity contribution is 6.58. The molecular formula is C38H39BN2O7. The number of rotatable bonds is 10. The molecular weight excluding hydrogens is 607 g/mol. The highest BCUT2D eigenvalue weighted by atomic mass is 16.4. The van der Waals surface area contributed by atoms with Crippen molar-refractivity contribution in [3.63, 3.8) is 0 Å². The highest BCUT2D eigenvalue weighted by Gasteiger charge is 2.55. The van der Waals surface area contributed by atoms with Crippen molar-refractivity contribution < 1.29 is 35.0 Å². The number of aromatic nitrogens is 1. The van der Waals surface area contributed by atoms with Crippen molar-refractivity contribution in [3.8, 4) is 5.75 Å². The van der Waals surface area contributed by atoms with E-state index in [4.69, 9.17) is 0 Å². The molecule has 1 aromatic heterocycles. The first-order valence-corrected chi connectivity index (χ1v) is 16.3. The Bertz CT molecular complexity index is 1910. The number of benzene rings is 3. The minimum absolute atomic E-state index is 0.0522. The molecule has 0 unspecified atom stereocenters. The Morgan fingerprint density at radius 2 is 1.73 bits per heavy atom. The summed E-state index contributed by atoms with van der Waals surface area (Å²) in [6, 6.07) is 22.8. The van der Waals surface area contributed by atoms with E-state index in [1.807, 2.05) is 68.5 Å². The van der Waals surface area contributed by atoms with Crippen molar-refractivity contribution in [3.05, 3.63) is 107 Å². The molecule has 2 aliphatic rings. The lowest BCUT2D eigenvalue weighted by Gasteiger charge is -2.38. The Kier molecular flexibility index (Phi) is 9.62. The van der Waals surface area contributed by atoms with E-state index in [9.17, 15) is 35.0 Å². The van der Waals surface area contributed by atoms with Gasteiger partial charge in [0.1, 0.15) is 5.75 Å². The summed E-state index contributed by atoms with van der Waals surface area (Å²) in [5, 5.41) is 54.1. The Balaban J connectivity index is 1.33. The molecule has 246 valence electrons. The van der Waals surface area contributed by atoms with Crippen molar-refractivity contribution >= 4 is 52.5 Å². The molecule has 3 aromatic carbocycles. The van der Waals surface area contributed by atoms with Gasteiger partial charge in [0.15, 0.2) is 0 Å². The molecule has 2 amide bonds. The lowest BCUT2D eigenvalue weighted by Crippen LogP contribution is -2.40. The van der Waals surface area contributed by atoms with Crippen LogP contribution in [0.2, 0.25) is 0 Å². The van der Waals surface area contributed by atoms with Gasteiger partial charge in [-0.2, -0.15) is 0 Å². The number of allylic oxidation sites excluding steroid dienone is 2. The summed E-state index contributed by atoms with van der Waals surface area (Å²) in [7, 11) is -1.76. The normalized spacial score (nSPS) is 20.5. The van der Waals surface area contributed by atoms with Crippen LogP contribution in [0.4, 0.5) is 5.69 Å². The van der Waals surface area contributed by atoms with E-state index in [0.29, 0.717) is 12.0 Å². The number of fused-ring (bicyclic) bond motifs is 2. The maximum absolute atomic E-state index is 14.0. The maximum atomic E-state index is 14.0. The number of nitrogens with zero attached hydrogens (tertiary/aromatic N) is 2. The van der Waals surface area contributed by atoms with Gasteiger partial charge in [-0.1, -0.05) is 68.0 Å². The van der Waals surface area contributed by atoms with E-state index >= 15 is 0 Å². The van der Waals surface area contributed by atoms with E-state index in [1.165, 1.54) is 12.1 Å². The monoisotopic (exact) mass is 646 g/mol. The molecule has 1 aliphatic heterocycles. The molecule has 0 bridgehead atoms. The van der Waals surface area contributed by atoms with Crippen LogP contribution < -0.4 is 10.4 Å². The smallest absolute Gasteiger partial charge is 0.488 e. The first-order chi connectivity index (χ1) is 23.1. The number of carbonyl (C=O) groups excluding carboxylic acids is 2. The number of pyridine rings is 1. The number of hydrogen-bond donors (Lipinski definition) is 5. The second kappa shape index (κ2) is 13.9. The van der Waals surface area contributed by atoms with Gasteiger partial charge in [0.2, 0.25) is 11.8 Å². The number of aromatic hydroxyl groups is 1. The van der Waals surface area contributed by atoms with Gasteiger partial charge in [0.25, 0.3) is 0 Å². The fourth-order valence-electron chi connectivity index (χ4n) is 7.42. The van der Waals surface area contributed by atoms with Crippen molar-refractivity contribution in [2.75, 3.05) is 11.5 Å². The number of amides is 2. The van der Waals surface area contributed by atoms with Gasteiger partial charge >= 0.3 is 7.12 Å². The second-order valence-corrected chi connectivity index (χ2v) is 12.9. The minimum Gasteiger partial charge on any atom is -0.507 e. The van der Waals surface area contributed by atoms with Crippen LogP contribution >= 0.6 is 0 Å². The number of carbonyl (C=O) groups is 2. The number of imide groups is 1. The second-order valence-electron chi connectivity index (χ2n) is 12.9. The zero-order valence-electron chi connectivity index (χ0n) is 26.9. The number of anilines is 1. The summed E-state index contributed by atoms with van der Waals surface area (Å²) in [5.41, 5.74) is 4.35. The number of phenols is 1. The zero-order valence-corrected chi connectivity index (χ0v) is 26.9. The summed E-state index contributed by atoms with van der Waals surface area (Å²) in [6.45, 7) is 3.54. The lowest BCUT2D eigenvalue weighted by molar-refractivity contribution is -0.123. The SMILES string of the molecule is CC(C)C1=C([C@H](O)CC/C(=C/c2ccc(O)c3ccccc23)c2ccccn2)[C@H](CO)[C@@H]2C(=O)N(c3cccc(B(O)O)c3)C(=O)[C@@H]2C1. The third kappa shape index (κ3) is 6.20. The molecule has 48 heavy (non-hydrogen) atoms. The van der Waals surface area contributed by atoms with E-state index in [-0.39, 0.29) is 35.7 Å². The van der Waals surface area contributed by atoms with Crippen LogP contribution in [-0.2, 0) is 9.59 Å². The molecule has 1 saturated heterocycles. The standard InChI is InChI=1S/C38H39BN2O7/c1-22(2)29-20-30-36(38(46)41(37(30)45)26-9-7-8-25(19-26)39(47)48)31(21-42)35(29)34(44)16-14-24(32-12-5-6-17-40-32)18-23-13-15-33(43)28-11-4-3-10-27(23)28/h3-13,15,17-19,22,30-31,34,36,42-44,47-48H,14,16,20-21H2,1-2H3/b24-18-/t30-,31+,34-,36-/m1/s1. The summed E-state index contributed by atoms with van der Waals surface area (Å²) in [6.07, 6.45) is 3.70. The molecule has 4 atom stereocenters. The largest absolute Gasteiger partial charge is 0.507 e. The molecule has 4 aromatic rings. The zero-order chi connectivity index (χ0) is 34.1. The third-order valence-electron chi connectivity index (χ3n) is 9.74. The first kappa shape index (κ1) is 33.3. The van der Waals surface area contributed by atoms with Gasteiger partial charge in [-0.25, -0.2) is 0 Å². The Labute approximate surface area is 279 Å². The fraction of sp³-hybridized carbons (Fsp3) is 0.289. The molecule has 10 heteroatoms. The lowest BCUT2D eigenvalue weighted by atomic mass is 9.66. The summed E-state index contributed by atoms with van der Waals surface area (Å²) >= 11 is 0. The van der Waals surface area contributed by atoms with Crippen LogP contribution in [0.5, 0.6) is 5.75 Å². The van der Waals surface area contributed by atoms with E-state index in [1.54, 1.807) is 24.4 Å². The van der Waals surface area contributed by atoms with Crippen LogP contribution in [0.1, 0.15) is 44.4 Å². The first-order valence-electron chi connectivity index (χ1n) is 16.3. The van der Waals surface area contributed by atoms with Gasteiger partial charge in [-0.3, -0.25) is 19.5 Å². The van der Waals surface area contributed by atoms with Crippen LogP contribution in [0.3, 0.4) is 0 Å². The third-order valence-corrected chi connectivity index (χ3v) is 9.74. The predicted octanol–water partition coefficient (Wildman–Crippen LogP) is 4.07. The average Bonchev–Trinajstić information content (AvgIpc) is 3.35. The molecule has 0 saturated carbocycles. The number of hydrogen-bond acceptors (Lipinski definition) is 8. The van der Waals surface area contributed by atoms with Crippen molar-refractivity contribution in [2.24, 2.45) is 23.7 Å². The van der Waals surface area contributed by atoms with Crippen LogP contribution in [-0.4, -0.2) is 62.0 Å². The quantitative estimate of drug-likeness (QED) is 0.0983. The summed E-state index contributed by atoms with van der Waals surface area (Å²) in [4.78, 5) is 33.4. The molecule has 0 radical (unpaired) electrons. The van der Waals surface area contributed by atoms with Gasteiger partial charge in [0, 0.05) is 17.5 Å². The molecule has 1 aliphatic carbocycles. The van der Waals surface area contributed by atoms with Crippen molar-refractivity contribution in [1.82, 2.24) is 4.98 Å². The molecule has 5 N–H and O–H groups in total. The van der Waals surface area contributed by atoms with E-state index in [0.717, 1.165) is 38.1 Å².